The third-order valence-electron chi connectivity index (χ3n) is 3.33. The van der Waals surface area contributed by atoms with Crippen LogP contribution in [0.4, 0.5) is 17.8 Å². The van der Waals surface area contributed by atoms with Gasteiger partial charge in [-0.1, -0.05) is 0 Å². The SMILES string of the molecule is CNc1nc(NC(C)(C)CCO)nc(N2CCOCC2)n1. The van der Waals surface area contributed by atoms with Crippen LogP contribution >= 0.6 is 0 Å². The van der Waals surface area contributed by atoms with Crippen molar-refractivity contribution in [2.45, 2.75) is 25.8 Å². The van der Waals surface area contributed by atoms with Gasteiger partial charge in [0.1, 0.15) is 0 Å². The van der Waals surface area contributed by atoms with Gasteiger partial charge in [0.25, 0.3) is 0 Å². The summed E-state index contributed by atoms with van der Waals surface area (Å²) in [6.45, 7) is 7.01. The Bertz CT molecular complexity index is 462. The van der Waals surface area contributed by atoms with Gasteiger partial charge in [-0.05, 0) is 20.3 Å². The molecule has 21 heavy (non-hydrogen) atoms. The predicted molar refractivity (Wildman–Crippen MR) is 81.8 cm³/mol. The Balaban J connectivity index is 2.20. The summed E-state index contributed by atoms with van der Waals surface area (Å²) in [4.78, 5) is 15.3. The highest BCUT2D eigenvalue weighted by Crippen LogP contribution is 2.19. The largest absolute Gasteiger partial charge is 0.396 e. The molecule has 118 valence electrons. The third kappa shape index (κ3) is 4.40. The van der Waals surface area contributed by atoms with Crippen molar-refractivity contribution < 1.29 is 9.84 Å². The Labute approximate surface area is 125 Å². The van der Waals surface area contributed by atoms with Crippen molar-refractivity contribution in [2.75, 3.05) is 55.5 Å². The lowest BCUT2D eigenvalue weighted by Crippen LogP contribution is -2.38. The molecular weight excluding hydrogens is 272 g/mol. The van der Waals surface area contributed by atoms with Crippen LogP contribution < -0.4 is 15.5 Å². The van der Waals surface area contributed by atoms with Crippen LogP contribution in [0.15, 0.2) is 0 Å². The summed E-state index contributed by atoms with van der Waals surface area (Å²) in [5, 5.41) is 15.3. The normalized spacial score (nSPS) is 15.9. The van der Waals surface area contributed by atoms with E-state index in [2.05, 4.69) is 30.5 Å². The van der Waals surface area contributed by atoms with E-state index in [1.807, 2.05) is 13.8 Å². The minimum absolute atomic E-state index is 0.111. The topological polar surface area (TPSA) is 95.4 Å². The summed E-state index contributed by atoms with van der Waals surface area (Å²) in [5.41, 5.74) is -0.288. The molecule has 2 rings (SSSR count). The van der Waals surface area contributed by atoms with Crippen molar-refractivity contribution >= 4 is 17.8 Å². The minimum atomic E-state index is -0.288. The molecule has 0 aromatic carbocycles. The Morgan fingerprint density at radius 3 is 2.48 bits per heavy atom. The van der Waals surface area contributed by atoms with Gasteiger partial charge in [-0.25, -0.2) is 0 Å². The van der Waals surface area contributed by atoms with E-state index in [1.165, 1.54) is 0 Å². The molecule has 0 unspecified atom stereocenters. The molecule has 2 heterocycles. The molecule has 0 radical (unpaired) electrons. The van der Waals surface area contributed by atoms with Crippen LogP contribution in [-0.4, -0.2) is 65.6 Å². The lowest BCUT2D eigenvalue weighted by atomic mass is 10.0. The first-order valence-electron chi connectivity index (χ1n) is 7.19. The summed E-state index contributed by atoms with van der Waals surface area (Å²) in [6.07, 6.45) is 0.612. The Hall–Kier alpha value is -1.67. The minimum Gasteiger partial charge on any atom is -0.396 e. The van der Waals surface area contributed by atoms with E-state index >= 15 is 0 Å². The third-order valence-corrected chi connectivity index (χ3v) is 3.33. The molecule has 0 aliphatic carbocycles. The molecule has 3 N–H and O–H groups in total. The van der Waals surface area contributed by atoms with Gasteiger partial charge in [0.05, 0.1) is 13.2 Å². The van der Waals surface area contributed by atoms with Crippen LogP contribution in [0, 0.1) is 0 Å². The second kappa shape index (κ2) is 6.86. The van der Waals surface area contributed by atoms with Crippen LogP contribution in [0.1, 0.15) is 20.3 Å². The number of nitrogens with zero attached hydrogens (tertiary/aromatic N) is 4. The molecule has 1 aromatic heterocycles. The highest BCUT2D eigenvalue weighted by molar-refractivity contribution is 5.44. The Morgan fingerprint density at radius 1 is 1.19 bits per heavy atom. The van der Waals surface area contributed by atoms with Crippen molar-refractivity contribution in [1.82, 2.24) is 15.0 Å². The van der Waals surface area contributed by atoms with Crippen molar-refractivity contribution in [1.29, 1.82) is 0 Å². The average molecular weight is 296 g/mol. The summed E-state index contributed by atoms with van der Waals surface area (Å²) >= 11 is 0. The van der Waals surface area contributed by atoms with E-state index < -0.39 is 0 Å². The van der Waals surface area contributed by atoms with E-state index in [-0.39, 0.29) is 12.1 Å². The van der Waals surface area contributed by atoms with E-state index in [1.54, 1.807) is 7.05 Å². The molecule has 0 bridgehead atoms. The number of hydrogen-bond donors (Lipinski definition) is 3. The fourth-order valence-corrected chi connectivity index (χ4v) is 2.08. The molecule has 1 fully saturated rings. The van der Waals surface area contributed by atoms with Crippen molar-refractivity contribution in [3.05, 3.63) is 0 Å². The molecule has 8 nitrogen and oxygen atoms in total. The van der Waals surface area contributed by atoms with Crippen molar-refractivity contribution in [2.24, 2.45) is 0 Å². The monoisotopic (exact) mass is 296 g/mol. The second-order valence-electron chi connectivity index (χ2n) is 5.61. The number of aliphatic hydroxyl groups is 1. The maximum absolute atomic E-state index is 9.11. The van der Waals surface area contributed by atoms with Crippen LogP contribution in [0.25, 0.3) is 0 Å². The lowest BCUT2D eigenvalue weighted by Gasteiger charge is -2.29. The first-order chi connectivity index (χ1) is 10.0. The lowest BCUT2D eigenvalue weighted by molar-refractivity contribution is 0.122. The van der Waals surface area contributed by atoms with E-state index in [4.69, 9.17) is 9.84 Å². The first kappa shape index (κ1) is 15.7. The number of morpholine rings is 1. The zero-order chi connectivity index (χ0) is 15.3. The van der Waals surface area contributed by atoms with E-state index in [0.29, 0.717) is 37.5 Å². The summed E-state index contributed by atoms with van der Waals surface area (Å²) in [6, 6.07) is 0. The van der Waals surface area contributed by atoms with Gasteiger partial charge in [0.15, 0.2) is 0 Å². The molecule has 1 aromatic rings. The van der Waals surface area contributed by atoms with Gasteiger partial charge in [-0.2, -0.15) is 15.0 Å². The highest BCUT2D eigenvalue weighted by atomic mass is 16.5. The number of ether oxygens (including phenoxy) is 1. The zero-order valence-electron chi connectivity index (χ0n) is 12.9. The molecule has 0 atom stereocenters. The predicted octanol–water partition coefficient (Wildman–Crippen LogP) is 0.323. The molecule has 0 spiro atoms. The quantitative estimate of drug-likeness (QED) is 0.691. The van der Waals surface area contributed by atoms with Crippen LogP contribution in [0.2, 0.25) is 0 Å². The number of rotatable bonds is 6. The van der Waals surface area contributed by atoms with Crippen molar-refractivity contribution in [3.8, 4) is 0 Å². The van der Waals surface area contributed by atoms with E-state index in [9.17, 15) is 0 Å². The van der Waals surface area contributed by atoms with Crippen LogP contribution in [-0.2, 0) is 4.74 Å². The Morgan fingerprint density at radius 2 is 1.86 bits per heavy atom. The molecule has 1 aliphatic rings. The molecule has 1 saturated heterocycles. The Kier molecular flexibility index (Phi) is 5.13. The molecular formula is C13H24N6O2. The van der Waals surface area contributed by atoms with Gasteiger partial charge < -0.3 is 25.4 Å². The number of hydrogen-bond acceptors (Lipinski definition) is 8. The number of aromatic nitrogens is 3. The smallest absolute Gasteiger partial charge is 0.232 e. The van der Waals surface area contributed by atoms with Gasteiger partial charge >= 0.3 is 0 Å². The molecule has 0 saturated carbocycles. The summed E-state index contributed by atoms with van der Waals surface area (Å²) < 4.78 is 5.35. The van der Waals surface area contributed by atoms with Gasteiger partial charge in [-0.15, -0.1) is 0 Å². The van der Waals surface area contributed by atoms with E-state index in [0.717, 1.165) is 13.1 Å². The standard InChI is InChI=1S/C13H24N6O2/c1-13(2,4-7-20)18-11-15-10(14-3)16-12(17-11)19-5-8-21-9-6-19/h20H,4-9H2,1-3H3,(H2,14,15,16,17,18). The van der Waals surface area contributed by atoms with Gasteiger partial charge in [0.2, 0.25) is 17.8 Å². The molecule has 0 amide bonds. The number of anilines is 3. The maximum Gasteiger partial charge on any atom is 0.232 e. The molecule has 1 aliphatic heterocycles. The second-order valence-corrected chi connectivity index (χ2v) is 5.61. The highest BCUT2D eigenvalue weighted by Gasteiger charge is 2.21. The first-order valence-corrected chi connectivity index (χ1v) is 7.19. The number of nitrogens with one attached hydrogen (secondary N) is 2. The summed E-state index contributed by atoms with van der Waals surface area (Å²) in [7, 11) is 1.78. The van der Waals surface area contributed by atoms with Crippen LogP contribution in [0.3, 0.4) is 0 Å². The van der Waals surface area contributed by atoms with Gasteiger partial charge in [-0.3, -0.25) is 0 Å². The summed E-state index contributed by atoms with van der Waals surface area (Å²) in [5.74, 6) is 1.67. The fraction of sp³-hybridized carbons (Fsp3) is 0.769. The zero-order valence-corrected chi connectivity index (χ0v) is 12.9. The van der Waals surface area contributed by atoms with Crippen molar-refractivity contribution in [3.63, 3.8) is 0 Å². The molecule has 8 heteroatoms. The van der Waals surface area contributed by atoms with Crippen LogP contribution in [0.5, 0.6) is 0 Å². The average Bonchev–Trinajstić information content (AvgIpc) is 2.47. The fourth-order valence-electron chi connectivity index (χ4n) is 2.08. The number of aliphatic hydroxyl groups excluding tert-OH is 1. The van der Waals surface area contributed by atoms with Gasteiger partial charge in [0, 0.05) is 32.3 Å². The maximum atomic E-state index is 9.11.